The monoisotopic (exact) mass is 368 g/mol. The Labute approximate surface area is 136 Å². The summed E-state index contributed by atoms with van der Waals surface area (Å²) in [6.07, 6.45) is 0.219. The normalized spacial score (nSPS) is 12.1. The smallest absolute Gasteiger partial charge is 0.255 e. The SMILES string of the molecule is CCOC(CC)C(=O)Nc1nc(-c2cccc(Br)c2)cs1. The quantitative estimate of drug-likeness (QED) is 0.825. The number of aromatic nitrogens is 1. The van der Waals surface area contributed by atoms with Crippen molar-refractivity contribution in [1.82, 2.24) is 4.98 Å². The van der Waals surface area contributed by atoms with Gasteiger partial charge in [0, 0.05) is 22.0 Å². The van der Waals surface area contributed by atoms with Gasteiger partial charge in [0.2, 0.25) is 0 Å². The van der Waals surface area contributed by atoms with Gasteiger partial charge in [-0.3, -0.25) is 10.1 Å². The van der Waals surface area contributed by atoms with Crippen LogP contribution < -0.4 is 5.32 Å². The van der Waals surface area contributed by atoms with E-state index in [0.29, 0.717) is 18.2 Å². The number of ether oxygens (including phenoxy) is 1. The van der Waals surface area contributed by atoms with Gasteiger partial charge >= 0.3 is 0 Å². The Hall–Kier alpha value is -1.24. The number of thiazole rings is 1. The van der Waals surface area contributed by atoms with Crippen molar-refractivity contribution in [2.75, 3.05) is 11.9 Å². The lowest BCUT2D eigenvalue weighted by Crippen LogP contribution is -2.29. The maximum atomic E-state index is 12.1. The summed E-state index contributed by atoms with van der Waals surface area (Å²) in [6.45, 7) is 4.33. The van der Waals surface area contributed by atoms with Crippen LogP contribution in [0.4, 0.5) is 5.13 Å². The fraction of sp³-hybridized carbons (Fsp3) is 0.333. The molecule has 1 N–H and O–H groups in total. The van der Waals surface area contributed by atoms with Crippen molar-refractivity contribution in [1.29, 1.82) is 0 Å². The number of anilines is 1. The molecule has 0 aliphatic heterocycles. The zero-order valence-corrected chi connectivity index (χ0v) is 14.3. The third kappa shape index (κ3) is 4.36. The van der Waals surface area contributed by atoms with E-state index in [1.807, 2.05) is 43.5 Å². The predicted octanol–water partition coefficient (Wildman–Crippen LogP) is 4.33. The Balaban J connectivity index is 2.08. The molecule has 4 nitrogen and oxygen atoms in total. The molecule has 1 aromatic heterocycles. The van der Waals surface area contributed by atoms with E-state index in [4.69, 9.17) is 4.74 Å². The summed E-state index contributed by atoms with van der Waals surface area (Å²) in [6, 6.07) is 7.90. The van der Waals surface area contributed by atoms with Crippen molar-refractivity contribution in [3.63, 3.8) is 0 Å². The molecule has 0 spiro atoms. The van der Waals surface area contributed by atoms with Crippen LogP contribution in [0.15, 0.2) is 34.1 Å². The summed E-state index contributed by atoms with van der Waals surface area (Å²) in [5.41, 5.74) is 1.86. The van der Waals surface area contributed by atoms with Gasteiger partial charge in [-0.2, -0.15) is 0 Å². The minimum absolute atomic E-state index is 0.144. The summed E-state index contributed by atoms with van der Waals surface area (Å²) in [7, 11) is 0. The second kappa shape index (κ2) is 7.68. The summed E-state index contributed by atoms with van der Waals surface area (Å²) in [4.78, 5) is 16.5. The molecule has 0 saturated carbocycles. The van der Waals surface area contributed by atoms with Crippen LogP contribution in [0.25, 0.3) is 11.3 Å². The van der Waals surface area contributed by atoms with Gasteiger partial charge in [0.25, 0.3) is 5.91 Å². The molecular weight excluding hydrogens is 352 g/mol. The van der Waals surface area contributed by atoms with Gasteiger partial charge < -0.3 is 4.74 Å². The summed E-state index contributed by atoms with van der Waals surface area (Å²) in [5.74, 6) is -0.144. The minimum Gasteiger partial charge on any atom is -0.369 e. The Bertz CT molecular complexity index is 615. The maximum absolute atomic E-state index is 12.1. The molecule has 1 heterocycles. The molecule has 0 aliphatic carbocycles. The first-order valence-corrected chi connectivity index (χ1v) is 8.45. The van der Waals surface area contributed by atoms with Crippen molar-refractivity contribution < 1.29 is 9.53 Å². The third-order valence-corrected chi connectivity index (χ3v) is 4.14. The van der Waals surface area contributed by atoms with Crippen LogP contribution in [0.3, 0.4) is 0 Å². The lowest BCUT2D eigenvalue weighted by molar-refractivity contribution is -0.127. The van der Waals surface area contributed by atoms with Crippen molar-refractivity contribution in [2.24, 2.45) is 0 Å². The van der Waals surface area contributed by atoms with Crippen LogP contribution in [-0.2, 0) is 9.53 Å². The van der Waals surface area contributed by atoms with E-state index in [1.165, 1.54) is 11.3 Å². The average Bonchev–Trinajstić information content (AvgIpc) is 2.93. The van der Waals surface area contributed by atoms with Crippen molar-refractivity contribution >= 4 is 38.3 Å². The van der Waals surface area contributed by atoms with E-state index < -0.39 is 6.10 Å². The molecule has 1 amide bonds. The number of nitrogens with zero attached hydrogens (tertiary/aromatic N) is 1. The Morgan fingerprint density at radius 2 is 2.29 bits per heavy atom. The van der Waals surface area contributed by atoms with Crippen LogP contribution in [0.2, 0.25) is 0 Å². The number of carbonyl (C=O) groups is 1. The van der Waals surface area contributed by atoms with Gasteiger partial charge in [-0.25, -0.2) is 4.98 Å². The second-order valence-corrected chi connectivity index (χ2v) is 6.16. The predicted molar refractivity (Wildman–Crippen MR) is 89.6 cm³/mol. The van der Waals surface area contributed by atoms with Crippen LogP contribution in [-0.4, -0.2) is 23.6 Å². The largest absolute Gasteiger partial charge is 0.369 e. The van der Waals surface area contributed by atoms with Crippen molar-refractivity contribution in [3.8, 4) is 11.3 Å². The van der Waals surface area contributed by atoms with E-state index >= 15 is 0 Å². The minimum atomic E-state index is -0.423. The van der Waals surface area contributed by atoms with E-state index in [2.05, 4.69) is 26.2 Å². The molecule has 0 aliphatic rings. The number of carbonyl (C=O) groups excluding carboxylic acids is 1. The number of rotatable bonds is 6. The fourth-order valence-corrected chi connectivity index (χ4v) is 3.00. The molecule has 0 radical (unpaired) electrons. The molecular formula is C15H17BrN2O2S. The van der Waals surface area contributed by atoms with Crippen LogP contribution in [0.1, 0.15) is 20.3 Å². The fourth-order valence-electron chi connectivity index (χ4n) is 1.88. The molecule has 0 fully saturated rings. The van der Waals surface area contributed by atoms with E-state index in [-0.39, 0.29) is 5.91 Å². The number of nitrogens with one attached hydrogen (secondary N) is 1. The third-order valence-electron chi connectivity index (χ3n) is 2.89. The van der Waals surface area contributed by atoms with Gasteiger partial charge in [-0.05, 0) is 25.5 Å². The molecule has 2 rings (SSSR count). The zero-order valence-electron chi connectivity index (χ0n) is 11.9. The number of halogens is 1. The lowest BCUT2D eigenvalue weighted by atomic mass is 10.2. The van der Waals surface area contributed by atoms with E-state index in [0.717, 1.165) is 15.7 Å². The highest BCUT2D eigenvalue weighted by atomic mass is 79.9. The van der Waals surface area contributed by atoms with E-state index in [9.17, 15) is 4.79 Å². The first kappa shape index (κ1) is 16.1. The summed E-state index contributed by atoms with van der Waals surface area (Å²) < 4.78 is 6.39. The van der Waals surface area contributed by atoms with Gasteiger partial charge in [-0.15, -0.1) is 11.3 Å². The summed E-state index contributed by atoms with van der Waals surface area (Å²) in [5, 5.41) is 5.33. The number of benzene rings is 1. The van der Waals surface area contributed by atoms with E-state index in [1.54, 1.807) is 0 Å². The Kier molecular flexibility index (Phi) is 5.90. The van der Waals surface area contributed by atoms with Crippen molar-refractivity contribution in [3.05, 3.63) is 34.1 Å². The number of hydrogen-bond acceptors (Lipinski definition) is 4. The van der Waals surface area contributed by atoms with Crippen LogP contribution >= 0.6 is 27.3 Å². The second-order valence-electron chi connectivity index (χ2n) is 4.39. The van der Waals surface area contributed by atoms with Crippen LogP contribution in [0.5, 0.6) is 0 Å². The highest BCUT2D eigenvalue weighted by molar-refractivity contribution is 9.10. The topological polar surface area (TPSA) is 51.2 Å². The Morgan fingerprint density at radius 1 is 1.48 bits per heavy atom. The highest BCUT2D eigenvalue weighted by Crippen LogP contribution is 2.27. The molecule has 21 heavy (non-hydrogen) atoms. The molecule has 2 aromatic rings. The molecule has 1 aromatic carbocycles. The zero-order chi connectivity index (χ0) is 15.2. The molecule has 6 heteroatoms. The maximum Gasteiger partial charge on any atom is 0.255 e. The van der Waals surface area contributed by atoms with Crippen LogP contribution in [0, 0.1) is 0 Å². The number of amides is 1. The standard InChI is InChI=1S/C15H17BrN2O2S/c1-3-13(20-4-2)14(19)18-15-17-12(9-21-15)10-6-5-7-11(16)8-10/h5-9,13H,3-4H2,1-2H3,(H,17,18,19). The molecule has 0 saturated heterocycles. The molecule has 1 atom stereocenters. The molecule has 0 bridgehead atoms. The molecule has 112 valence electrons. The highest BCUT2D eigenvalue weighted by Gasteiger charge is 2.17. The van der Waals surface area contributed by atoms with Gasteiger partial charge in [-0.1, -0.05) is 35.0 Å². The Morgan fingerprint density at radius 3 is 2.95 bits per heavy atom. The first-order valence-electron chi connectivity index (χ1n) is 6.78. The van der Waals surface area contributed by atoms with Gasteiger partial charge in [0.15, 0.2) is 5.13 Å². The first-order chi connectivity index (χ1) is 10.1. The molecule has 1 unspecified atom stereocenters. The lowest BCUT2D eigenvalue weighted by Gasteiger charge is -2.13. The summed E-state index contributed by atoms with van der Waals surface area (Å²) >= 11 is 4.85. The van der Waals surface area contributed by atoms with Gasteiger partial charge in [0.05, 0.1) is 5.69 Å². The van der Waals surface area contributed by atoms with Gasteiger partial charge in [0.1, 0.15) is 6.10 Å². The van der Waals surface area contributed by atoms with Crippen molar-refractivity contribution in [2.45, 2.75) is 26.4 Å². The number of hydrogen-bond donors (Lipinski definition) is 1. The average molecular weight is 369 g/mol.